The molecule has 0 aliphatic rings. The second-order valence-corrected chi connectivity index (χ2v) is 18.5. The summed E-state index contributed by atoms with van der Waals surface area (Å²) in [6, 6.07) is 19.2. The van der Waals surface area contributed by atoms with Crippen molar-refractivity contribution in [1.82, 2.24) is 0 Å². The predicted molar refractivity (Wildman–Crippen MR) is 239 cm³/mol. The molecule has 0 fully saturated rings. The summed E-state index contributed by atoms with van der Waals surface area (Å²) in [6.07, 6.45) is 26.5. The second-order valence-electron chi connectivity index (χ2n) is 15.8. The van der Waals surface area contributed by atoms with Crippen LogP contribution < -0.4 is 0 Å². The summed E-state index contributed by atoms with van der Waals surface area (Å²) in [5.74, 6) is 0. The topological polar surface area (TPSA) is 114 Å². The van der Waals surface area contributed by atoms with Gasteiger partial charge in [-0.2, -0.15) is 0 Å². The quantitative estimate of drug-likeness (QED) is 0.0353. The first-order valence-corrected chi connectivity index (χ1v) is 24.8. The van der Waals surface area contributed by atoms with Gasteiger partial charge in [0.2, 0.25) is 0 Å². The van der Waals surface area contributed by atoms with Crippen molar-refractivity contribution in [2.75, 3.05) is 0 Å². The Morgan fingerprint density at radius 1 is 0.404 bits per heavy atom. The third kappa shape index (κ3) is 18.3. The molecule has 9 heteroatoms. The number of hydrogen-bond acceptors (Lipinski definition) is 6. The van der Waals surface area contributed by atoms with Crippen molar-refractivity contribution in [3.63, 3.8) is 0 Å². The van der Waals surface area contributed by atoms with Crippen LogP contribution in [0.5, 0.6) is 0 Å². The molecule has 0 spiro atoms. The van der Waals surface area contributed by atoms with Crippen molar-refractivity contribution >= 4 is 79.5 Å². The molecule has 0 saturated carbocycles. The normalized spacial score (nSPS) is 11.8. The van der Waals surface area contributed by atoms with E-state index in [1.807, 2.05) is 36.4 Å². The van der Waals surface area contributed by atoms with E-state index in [2.05, 4.69) is 39.8 Å². The summed E-state index contributed by atoms with van der Waals surface area (Å²) in [5.41, 5.74) is 3.88. The molecular weight excluding hydrogens is 777 g/mol. The van der Waals surface area contributed by atoms with Gasteiger partial charge >= 0.3 is 37.7 Å². The number of rotatable bonds is 26. The molecule has 4 aromatic rings. The molecule has 0 aromatic heterocycles. The Bertz CT molecular complexity index is 1830. The molecule has 4 rings (SSSR count). The monoisotopic (exact) mass is 846 g/mol. The summed E-state index contributed by atoms with van der Waals surface area (Å²) in [7, 11) is -9.01. The van der Waals surface area contributed by atoms with E-state index >= 15 is 0 Å². The molecule has 0 aliphatic carbocycles. The average molecular weight is 847 g/mol. The fourth-order valence-corrected chi connectivity index (χ4v) is 9.44. The van der Waals surface area contributed by atoms with Crippen molar-refractivity contribution in [2.45, 2.75) is 192 Å². The maximum Gasteiger partial charge on any atom is 2.00 e. The van der Waals surface area contributed by atoms with E-state index in [4.69, 9.17) is 0 Å². The summed E-state index contributed by atoms with van der Waals surface area (Å²) >= 11 is 0. The minimum absolute atomic E-state index is 0. The van der Waals surface area contributed by atoms with E-state index in [1.165, 1.54) is 77.0 Å². The summed E-state index contributed by atoms with van der Waals surface area (Å²) in [4.78, 5) is -0.0598. The molecule has 0 saturated heterocycles. The number of benzene rings is 4. The molecular formula is C48H70CaO6S2. The summed E-state index contributed by atoms with van der Waals surface area (Å²) < 4.78 is 72.2. The Hall–Kier alpha value is -1.52. The van der Waals surface area contributed by atoms with Gasteiger partial charge in [-0.3, -0.25) is 0 Å². The molecule has 0 unspecified atom stereocenters. The van der Waals surface area contributed by atoms with Gasteiger partial charge in [-0.05, 0) is 96.5 Å². The molecule has 0 aliphatic heterocycles. The number of fused-ring (bicyclic) bond motifs is 2. The van der Waals surface area contributed by atoms with E-state index in [-0.39, 0.29) is 47.5 Å². The van der Waals surface area contributed by atoms with Crippen LogP contribution in [0.4, 0.5) is 0 Å². The van der Waals surface area contributed by atoms with E-state index in [0.29, 0.717) is 10.8 Å². The van der Waals surface area contributed by atoms with Crippen molar-refractivity contribution in [3.8, 4) is 0 Å². The van der Waals surface area contributed by atoms with E-state index in [0.717, 1.165) is 110 Å². The van der Waals surface area contributed by atoms with Gasteiger partial charge in [-0.1, -0.05) is 179 Å². The SMILES string of the molecule is CCCCCCCc1cc(S(=O)(=O)[O-])c2c(CCCCCCC)cccc2c1.CCCCCCCc1cc(S(=O)(=O)[O-])c2c(CCCCCCC)cccc2c1.[Ca+2]. The molecule has 0 atom stereocenters. The van der Waals surface area contributed by atoms with Crippen LogP contribution in [0.1, 0.15) is 178 Å². The Labute approximate surface area is 376 Å². The molecule has 0 heterocycles. The fraction of sp³-hybridized carbons (Fsp3) is 0.583. The van der Waals surface area contributed by atoms with Crippen LogP contribution in [0.3, 0.4) is 0 Å². The van der Waals surface area contributed by atoms with Gasteiger partial charge in [0.05, 0.1) is 9.79 Å². The van der Waals surface area contributed by atoms with Gasteiger partial charge in [0, 0.05) is 10.8 Å². The summed E-state index contributed by atoms with van der Waals surface area (Å²) in [5, 5.41) is 3.04. The standard InChI is InChI=1S/2C24H36O3S.Ca/c2*1-3-5-7-9-11-14-20-18-22-17-13-16-21(15-12-10-8-6-4-2)24(22)23(19-20)28(25,26)27;/h2*13,16-19H,3-12,14-15H2,1-2H3,(H,25,26,27);/q;;+2/p-2. The van der Waals surface area contributed by atoms with Crippen LogP contribution in [-0.2, 0) is 45.9 Å². The third-order valence-corrected chi connectivity index (χ3v) is 12.7. The average Bonchev–Trinajstić information content (AvgIpc) is 3.16. The zero-order chi connectivity index (χ0) is 40.8. The van der Waals surface area contributed by atoms with Crippen LogP contribution in [-0.4, -0.2) is 63.7 Å². The molecule has 0 radical (unpaired) electrons. The molecule has 0 bridgehead atoms. The van der Waals surface area contributed by atoms with Gasteiger partial charge in [-0.25, -0.2) is 16.8 Å². The molecule has 4 aromatic carbocycles. The van der Waals surface area contributed by atoms with E-state index in [9.17, 15) is 25.9 Å². The van der Waals surface area contributed by atoms with Crippen LogP contribution in [0.15, 0.2) is 70.5 Å². The first-order valence-electron chi connectivity index (χ1n) is 21.9. The number of unbranched alkanes of at least 4 members (excludes halogenated alkanes) is 16. The number of hydrogen-bond donors (Lipinski definition) is 0. The van der Waals surface area contributed by atoms with Crippen LogP contribution in [0.25, 0.3) is 21.5 Å². The van der Waals surface area contributed by atoms with Crippen molar-refractivity contribution in [1.29, 1.82) is 0 Å². The second kappa shape index (κ2) is 28.1. The zero-order valence-electron chi connectivity index (χ0n) is 35.7. The molecule has 312 valence electrons. The van der Waals surface area contributed by atoms with Gasteiger partial charge in [0.15, 0.2) is 0 Å². The van der Waals surface area contributed by atoms with Crippen molar-refractivity contribution in [3.05, 3.63) is 82.9 Å². The Morgan fingerprint density at radius 3 is 1.00 bits per heavy atom. The smallest absolute Gasteiger partial charge is 0.744 e. The molecule has 6 nitrogen and oxygen atoms in total. The van der Waals surface area contributed by atoms with Gasteiger partial charge in [0.25, 0.3) is 0 Å². The zero-order valence-corrected chi connectivity index (χ0v) is 39.6. The Kier molecular flexibility index (Phi) is 25.4. The summed E-state index contributed by atoms with van der Waals surface area (Å²) in [6.45, 7) is 8.77. The van der Waals surface area contributed by atoms with Crippen molar-refractivity contribution in [2.24, 2.45) is 0 Å². The van der Waals surface area contributed by atoms with E-state index < -0.39 is 20.2 Å². The third-order valence-electron chi connectivity index (χ3n) is 10.9. The largest absolute Gasteiger partial charge is 2.00 e. The van der Waals surface area contributed by atoms with Gasteiger partial charge < -0.3 is 9.11 Å². The first kappa shape index (κ1) is 51.6. The Morgan fingerprint density at radius 2 is 0.702 bits per heavy atom. The van der Waals surface area contributed by atoms with Crippen molar-refractivity contribution < 1.29 is 25.9 Å². The van der Waals surface area contributed by atoms with Crippen LogP contribution in [0.2, 0.25) is 0 Å². The van der Waals surface area contributed by atoms with Crippen LogP contribution >= 0.6 is 0 Å². The molecule has 0 amide bonds. The first-order chi connectivity index (χ1) is 26.9. The molecule has 0 N–H and O–H groups in total. The van der Waals surface area contributed by atoms with Gasteiger partial charge in [0.1, 0.15) is 20.2 Å². The Balaban J connectivity index is 0.000000387. The molecule has 57 heavy (non-hydrogen) atoms. The van der Waals surface area contributed by atoms with Crippen LogP contribution in [0, 0.1) is 0 Å². The number of aryl methyl sites for hydroxylation is 4. The van der Waals surface area contributed by atoms with E-state index in [1.54, 1.807) is 12.1 Å². The minimum Gasteiger partial charge on any atom is -0.744 e. The van der Waals surface area contributed by atoms with Gasteiger partial charge in [-0.15, -0.1) is 0 Å². The predicted octanol–water partition coefficient (Wildman–Crippen LogP) is 13.2. The fourth-order valence-electron chi connectivity index (χ4n) is 7.85. The maximum atomic E-state index is 12.0. The minimum atomic E-state index is -4.50. The maximum absolute atomic E-state index is 12.0.